The van der Waals surface area contributed by atoms with Crippen molar-refractivity contribution in [1.82, 2.24) is 5.32 Å². The molecule has 1 unspecified atom stereocenters. The second-order valence-electron chi connectivity index (χ2n) is 3.88. The first-order valence-electron chi connectivity index (χ1n) is 5.49. The molecule has 2 amide bonds. The predicted molar refractivity (Wildman–Crippen MR) is 66.0 cm³/mol. The van der Waals surface area contributed by atoms with E-state index in [0.717, 1.165) is 0 Å². The van der Waals surface area contributed by atoms with Crippen LogP contribution in [0, 0.1) is 0 Å². The molecule has 2 rings (SSSR count). The van der Waals surface area contributed by atoms with Gasteiger partial charge >= 0.3 is 0 Å². The molecule has 4 nitrogen and oxygen atoms in total. The first kappa shape index (κ1) is 11.9. The second kappa shape index (κ2) is 4.75. The van der Waals surface area contributed by atoms with E-state index < -0.39 is 6.04 Å². The molecule has 0 saturated carbocycles. The lowest BCUT2D eigenvalue weighted by Gasteiger charge is -2.34. The molecule has 0 radical (unpaired) electrons. The number of carbonyl (C=O) groups is 2. The lowest BCUT2D eigenvalue weighted by Crippen LogP contribution is -2.58. The molecule has 1 fully saturated rings. The number of amides is 2. The molecular weight excluding hydrogens is 240 g/mol. The van der Waals surface area contributed by atoms with Crippen molar-refractivity contribution >= 4 is 29.1 Å². The van der Waals surface area contributed by atoms with Crippen LogP contribution in [0.2, 0.25) is 5.02 Å². The van der Waals surface area contributed by atoms with Gasteiger partial charge in [0.15, 0.2) is 0 Å². The van der Waals surface area contributed by atoms with E-state index in [4.69, 9.17) is 11.6 Å². The molecule has 1 aliphatic rings. The zero-order chi connectivity index (χ0) is 12.4. The minimum absolute atomic E-state index is 0.0535. The van der Waals surface area contributed by atoms with E-state index in [9.17, 15) is 9.59 Å². The lowest BCUT2D eigenvalue weighted by molar-refractivity contribution is -0.131. The maximum absolute atomic E-state index is 11.9. The van der Waals surface area contributed by atoms with Crippen LogP contribution in [0.1, 0.15) is 13.3 Å². The molecule has 1 aromatic carbocycles. The Morgan fingerprint density at radius 1 is 1.35 bits per heavy atom. The van der Waals surface area contributed by atoms with E-state index >= 15 is 0 Å². The Hall–Kier alpha value is -1.55. The van der Waals surface area contributed by atoms with Crippen LogP contribution in [0.4, 0.5) is 5.69 Å². The van der Waals surface area contributed by atoms with Gasteiger partial charge < -0.3 is 5.32 Å². The Balaban J connectivity index is 2.35. The largest absolute Gasteiger partial charge is 0.345 e. The highest BCUT2D eigenvalue weighted by atomic mass is 35.5. The molecule has 0 aliphatic carbocycles. The van der Waals surface area contributed by atoms with Crippen molar-refractivity contribution in [2.24, 2.45) is 0 Å². The summed E-state index contributed by atoms with van der Waals surface area (Å²) in [4.78, 5) is 25.1. The third-order valence-electron chi connectivity index (χ3n) is 2.79. The fraction of sp³-hybridized carbons (Fsp3) is 0.333. The Morgan fingerprint density at radius 2 is 2.00 bits per heavy atom. The van der Waals surface area contributed by atoms with E-state index in [-0.39, 0.29) is 18.4 Å². The van der Waals surface area contributed by atoms with Crippen molar-refractivity contribution in [3.63, 3.8) is 0 Å². The maximum atomic E-state index is 11.9. The average Bonchev–Trinajstić information content (AvgIpc) is 2.33. The molecule has 1 aromatic rings. The minimum Gasteiger partial charge on any atom is -0.345 e. The summed E-state index contributed by atoms with van der Waals surface area (Å²) in [5.41, 5.74) is 0.709. The van der Waals surface area contributed by atoms with E-state index in [1.807, 2.05) is 6.92 Å². The fourth-order valence-electron chi connectivity index (χ4n) is 1.95. The highest BCUT2D eigenvalue weighted by Gasteiger charge is 2.33. The van der Waals surface area contributed by atoms with Crippen LogP contribution in [-0.2, 0) is 9.59 Å². The quantitative estimate of drug-likeness (QED) is 0.869. The van der Waals surface area contributed by atoms with Crippen molar-refractivity contribution < 1.29 is 9.59 Å². The van der Waals surface area contributed by atoms with Crippen LogP contribution >= 0.6 is 11.6 Å². The van der Waals surface area contributed by atoms with Gasteiger partial charge in [-0.05, 0) is 30.7 Å². The fourth-order valence-corrected chi connectivity index (χ4v) is 2.08. The Labute approximate surface area is 105 Å². The zero-order valence-corrected chi connectivity index (χ0v) is 10.2. The molecule has 90 valence electrons. The van der Waals surface area contributed by atoms with Crippen LogP contribution in [0.15, 0.2) is 24.3 Å². The molecule has 1 heterocycles. The van der Waals surface area contributed by atoms with Crippen LogP contribution in [0.25, 0.3) is 0 Å². The maximum Gasteiger partial charge on any atom is 0.247 e. The molecule has 0 aromatic heterocycles. The number of nitrogens with one attached hydrogen (secondary N) is 1. The van der Waals surface area contributed by atoms with Crippen molar-refractivity contribution in [1.29, 1.82) is 0 Å². The summed E-state index contributed by atoms with van der Waals surface area (Å²) in [5.74, 6) is -0.208. The number of hydrogen-bond acceptors (Lipinski definition) is 2. The lowest BCUT2D eigenvalue weighted by atomic mass is 10.1. The van der Waals surface area contributed by atoms with E-state index in [2.05, 4.69) is 5.32 Å². The first-order valence-corrected chi connectivity index (χ1v) is 5.86. The van der Waals surface area contributed by atoms with E-state index in [1.165, 1.54) is 4.90 Å². The molecule has 1 saturated heterocycles. The SMILES string of the molecule is CCC1C(=O)NCC(=O)N1c1ccc(Cl)cc1. The van der Waals surface area contributed by atoms with Crippen molar-refractivity contribution in [2.45, 2.75) is 19.4 Å². The number of rotatable bonds is 2. The molecule has 1 N–H and O–H groups in total. The van der Waals surface area contributed by atoms with Gasteiger partial charge in [-0.3, -0.25) is 14.5 Å². The van der Waals surface area contributed by atoms with Gasteiger partial charge in [0.05, 0.1) is 6.54 Å². The summed E-state index contributed by atoms with van der Waals surface area (Å²) in [5, 5.41) is 3.19. The number of hydrogen-bond donors (Lipinski definition) is 1. The number of nitrogens with zero attached hydrogens (tertiary/aromatic N) is 1. The number of halogens is 1. The minimum atomic E-state index is -0.433. The van der Waals surface area contributed by atoms with Crippen LogP contribution in [0.5, 0.6) is 0 Å². The van der Waals surface area contributed by atoms with Gasteiger partial charge in [-0.2, -0.15) is 0 Å². The third-order valence-corrected chi connectivity index (χ3v) is 3.04. The van der Waals surface area contributed by atoms with E-state index in [1.54, 1.807) is 24.3 Å². The molecule has 1 aliphatic heterocycles. The molecule has 0 bridgehead atoms. The first-order chi connectivity index (χ1) is 8.13. The molecule has 1 atom stereocenters. The standard InChI is InChI=1S/C12H13ClN2O2/c1-2-10-12(17)14-7-11(16)15(10)9-5-3-8(13)4-6-9/h3-6,10H,2,7H2,1H3,(H,14,17). The predicted octanol–water partition coefficient (Wildman–Crippen LogP) is 1.58. The summed E-state index contributed by atoms with van der Waals surface area (Å²) in [7, 11) is 0. The average molecular weight is 253 g/mol. The summed E-state index contributed by atoms with van der Waals surface area (Å²) in [6, 6.07) is 6.49. The highest BCUT2D eigenvalue weighted by Crippen LogP contribution is 2.23. The Kier molecular flexibility index (Phi) is 3.33. The molecule has 17 heavy (non-hydrogen) atoms. The topological polar surface area (TPSA) is 49.4 Å². The molecule has 0 spiro atoms. The van der Waals surface area contributed by atoms with Crippen LogP contribution in [0.3, 0.4) is 0 Å². The van der Waals surface area contributed by atoms with E-state index in [0.29, 0.717) is 17.1 Å². The van der Waals surface area contributed by atoms with Crippen molar-refractivity contribution in [3.8, 4) is 0 Å². The number of piperazine rings is 1. The zero-order valence-electron chi connectivity index (χ0n) is 9.44. The number of benzene rings is 1. The van der Waals surface area contributed by atoms with Gasteiger partial charge in [0.1, 0.15) is 6.04 Å². The molecule has 5 heteroatoms. The number of carbonyl (C=O) groups excluding carboxylic acids is 2. The van der Waals surface area contributed by atoms with Crippen molar-refractivity contribution in [3.05, 3.63) is 29.3 Å². The third kappa shape index (κ3) is 2.26. The van der Waals surface area contributed by atoms with Gasteiger partial charge in [-0.1, -0.05) is 18.5 Å². The smallest absolute Gasteiger partial charge is 0.247 e. The highest BCUT2D eigenvalue weighted by molar-refractivity contribution is 6.30. The monoisotopic (exact) mass is 252 g/mol. The van der Waals surface area contributed by atoms with Gasteiger partial charge in [0, 0.05) is 10.7 Å². The van der Waals surface area contributed by atoms with Crippen LogP contribution in [-0.4, -0.2) is 24.4 Å². The van der Waals surface area contributed by atoms with Gasteiger partial charge in [0.2, 0.25) is 11.8 Å². The summed E-state index contributed by atoms with van der Waals surface area (Å²) < 4.78 is 0. The molecular formula is C12H13ClN2O2. The Bertz CT molecular complexity index is 444. The van der Waals surface area contributed by atoms with Gasteiger partial charge in [-0.15, -0.1) is 0 Å². The summed E-state index contributed by atoms with van der Waals surface area (Å²) in [6.07, 6.45) is 0.584. The number of anilines is 1. The van der Waals surface area contributed by atoms with Gasteiger partial charge in [-0.25, -0.2) is 0 Å². The van der Waals surface area contributed by atoms with Crippen molar-refractivity contribution in [2.75, 3.05) is 11.4 Å². The second-order valence-corrected chi connectivity index (χ2v) is 4.32. The normalized spacial score (nSPS) is 20.4. The van der Waals surface area contributed by atoms with Crippen LogP contribution < -0.4 is 10.2 Å². The Morgan fingerprint density at radius 3 is 2.59 bits per heavy atom. The van der Waals surface area contributed by atoms with Gasteiger partial charge in [0.25, 0.3) is 0 Å². The summed E-state index contributed by atoms with van der Waals surface area (Å²) in [6.45, 7) is 1.93. The summed E-state index contributed by atoms with van der Waals surface area (Å²) >= 11 is 5.80.